The molecular weight excluding hydrogens is 256 g/mol. The lowest BCUT2D eigenvalue weighted by atomic mass is 10.3. The van der Waals surface area contributed by atoms with Gasteiger partial charge in [-0.1, -0.05) is 5.16 Å². The number of nitrogens with one attached hydrogen (secondary N) is 1. The molecule has 0 spiro atoms. The Labute approximate surface area is 105 Å². The second-order valence-electron chi connectivity index (χ2n) is 3.61. The van der Waals surface area contributed by atoms with Gasteiger partial charge in [0.2, 0.25) is 5.88 Å². The second kappa shape index (κ2) is 4.69. The van der Waals surface area contributed by atoms with Gasteiger partial charge < -0.3 is 9.26 Å². The molecule has 0 aliphatic rings. The molecule has 0 bridgehead atoms. The predicted octanol–water partition coefficient (Wildman–Crippen LogP) is 1.79. The van der Waals surface area contributed by atoms with Crippen molar-refractivity contribution in [2.24, 2.45) is 0 Å². The smallest absolute Gasteiger partial charge is 0.264 e. The van der Waals surface area contributed by atoms with Crippen LogP contribution in [0.2, 0.25) is 0 Å². The van der Waals surface area contributed by atoms with Crippen LogP contribution in [0.5, 0.6) is 5.75 Å². The van der Waals surface area contributed by atoms with Gasteiger partial charge in [0.05, 0.1) is 17.7 Å². The van der Waals surface area contributed by atoms with Crippen LogP contribution in [-0.2, 0) is 10.0 Å². The van der Waals surface area contributed by atoms with E-state index in [1.807, 2.05) is 0 Å². The Hall–Kier alpha value is -2.02. The van der Waals surface area contributed by atoms with Crippen molar-refractivity contribution in [3.8, 4) is 5.75 Å². The largest absolute Gasteiger partial charge is 0.497 e. The minimum atomic E-state index is -3.66. The number of benzene rings is 1. The molecule has 0 fully saturated rings. The van der Waals surface area contributed by atoms with Crippen molar-refractivity contribution < 1.29 is 17.7 Å². The third-order valence-corrected chi connectivity index (χ3v) is 3.60. The molecule has 2 aromatic rings. The minimum absolute atomic E-state index is 0.0864. The van der Waals surface area contributed by atoms with Crippen LogP contribution >= 0.6 is 0 Å². The van der Waals surface area contributed by atoms with E-state index < -0.39 is 10.0 Å². The molecule has 6 nitrogen and oxygen atoms in total. The molecule has 1 heterocycles. The molecule has 0 aliphatic heterocycles. The summed E-state index contributed by atoms with van der Waals surface area (Å²) in [6.07, 6.45) is 0. The quantitative estimate of drug-likeness (QED) is 0.914. The number of rotatable bonds is 4. The molecular formula is C11H12N2O4S. The van der Waals surface area contributed by atoms with Crippen molar-refractivity contribution in [2.75, 3.05) is 11.8 Å². The second-order valence-corrected chi connectivity index (χ2v) is 5.30. The fraction of sp³-hybridized carbons (Fsp3) is 0.182. The standard InChI is InChI=1S/C11H12N2O4S/c1-8-7-11(17-12-8)13-18(14,15)10-5-3-9(16-2)4-6-10/h3-7,13H,1-2H3. The van der Waals surface area contributed by atoms with Crippen molar-refractivity contribution >= 4 is 15.9 Å². The van der Waals surface area contributed by atoms with Gasteiger partial charge >= 0.3 is 0 Å². The van der Waals surface area contributed by atoms with E-state index >= 15 is 0 Å². The van der Waals surface area contributed by atoms with E-state index in [9.17, 15) is 8.42 Å². The highest BCUT2D eigenvalue weighted by Crippen LogP contribution is 2.19. The van der Waals surface area contributed by atoms with Gasteiger partial charge in [-0.25, -0.2) is 13.1 Å². The molecule has 0 radical (unpaired) electrons. The van der Waals surface area contributed by atoms with Crippen LogP contribution in [0.1, 0.15) is 5.69 Å². The van der Waals surface area contributed by atoms with Crippen LogP contribution in [0.3, 0.4) is 0 Å². The summed E-state index contributed by atoms with van der Waals surface area (Å²) < 4.78 is 36.0. The number of anilines is 1. The van der Waals surface area contributed by atoms with Crippen molar-refractivity contribution in [1.29, 1.82) is 0 Å². The number of ether oxygens (including phenoxy) is 1. The highest BCUT2D eigenvalue weighted by atomic mass is 32.2. The van der Waals surface area contributed by atoms with E-state index in [-0.39, 0.29) is 10.8 Å². The van der Waals surface area contributed by atoms with Gasteiger partial charge in [-0.3, -0.25) is 0 Å². The highest BCUT2D eigenvalue weighted by molar-refractivity contribution is 7.92. The molecule has 18 heavy (non-hydrogen) atoms. The normalized spacial score (nSPS) is 11.2. The Morgan fingerprint density at radius 3 is 2.44 bits per heavy atom. The lowest BCUT2D eigenvalue weighted by molar-refractivity contribution is 0.414. The first-order valence-electron chi connectivity index (χ1n) is 5.11. The number of sulfonamides is 1. The zero-order chi connectivity index (χ0) is 13.2. The molecule has 0 atom stereocenters. The summed E-state index contributed by atoms with van der Waals surface area (Å²) in [7, 11) is -2.15. The van der Waals surface area contributed by atoms with Gasteiger partial charge in [0.25, 0.3) is 10.0 Å². The van der Waals surface area contributed by atoms with Gasteiger partial charge in [-0.15, -0.1) is 0 Å². The van der Waals surface area contributed by atoms with Crippen LogP contribution in [0.25, 0.3) is 0 Å². The first kappa shape index (κ1) is 12.4. The lowest BCUT2D eigenvalue weighted by Gasteiger charge is -2.05. The van der Waals surface area contributed by atoms with Crippen LogP contribution in [-0.4, -0.2) is 20.7 Å². The van der Waals surface area contributed by atoms with E-state index in [0.717, 1.165) is 0 Å². The van der Waals surface area contributed by atoms with Crippen molar-refractivity contribution in [3.05, 3.63) is 36.0 Å². The predicted molar refractivity (Wildman–Crippen MR) is 65.0 cm³/mol. The monoisotopic (exact) mass is 268 g/mol. The summed E-state index contributed by atoms with van der Waals surface area (Å²) >= 11 is 0. The van der Waals surface area contributed by atoms with Crippen LogP contribution in [0, 0.1) is 6.92 Å². The van der Waals surface area contributed by atoms with E-state index in [1.54, 1.807) is 19.1 Å². The first-order valence-corrected chi connectivity index (χ1v) is 6.60. The van der Waals surface area contributed by atoms with Gasteiger partial charge in [-0.2, -0.15) is 0 Å². The molecule has 0 saturated heterocycles. The van der Waals surface area contributed by atoms with Crippen molar-refractivity contribution in [1.82, 2.24) is 5.16 Å². The molecule has 0 amide bonds. The summed E-state index contributed by atoms with van der Waals surface area (Å²) in [6.45, 7) is 1.70. The number of nitrogens with zero attached hydrogens (tertiary/aromatic N) is 1. The number of aryl methyl sites for hydroxylation is 1. The average molecular weight is 268 g/mol. The molecule has 7 heteroatoms. The van der Waals surface area contributed by atoms with Crippen LogP contribution in [0.15, 0.2) is 39.8 Å². The van der Waals surface area contributed by atoms with Crippen LogP contribution in [0.4, 0.5) is 5.88 Å². The zero-order valence-electron chi connectivity index (χ0n) is 9.88. The topological polar surface area (TPSA) is 81.4 Å². The highest BCUT2D eigenvalue weighted by Gasteiger charge is 2.16. The number of hydrogen-bond acceptors (Lipinski definition) is 5. The van der Waals surface area contributed by atoms with Gasteiger partial charge in [0, 0.05) is 6.07 Å². The summed E-state index contributed by atoms with van der Waals surface area (Å²) in [4.78, 5) is 0.123. The van der Waals surface area contributed by atoms with Crippen molar-refractivity contribution in [2.45, 2.75) is 11.8 Å². The summed E-state index contributed by atoms with van der Waals surface area (Å²) in [5.74, 6) is 0.674. The van der Waals surface area contributed by atoms with Gasteiger partial charge in [-0.05, 0) is 31.2 Å². The zero-order valence-corrected chi connectivity index (χ0v) is 10.7. The molecule has 96 valence electrons. The number of aromatic nitrogens is 1. The van der Waals surface area contributed by atoms with Crippen LogP contribution < -0.4 is 9.46 Å². The maximum atomic E-state index is 12.0. The van der Waals surface area contributed by atoms with E-state index in [0.29, 0.717) is 11.4 Å². The van der Waals surface area contributed by atoms with E-state index in [2.05, 4.69) is 9.88 Å². The fourth-order valence-corrected chi connectivity index (χ4v) is 2.33. The third kappa shape index (κ3) is 2.62. The number of hydrogen-bond donors (Lipinski definition) is 1. The van der Waals surface area contributed by atoms with Gasteiger partial charge in [0.15, 0.2) is 0 Å². The molecule has 1 N–H and O–H groups in total. The molecule has 2 rings (SSSR count). The Kier molecular flexibility index (Phi) is 3.24. The Bertz CT molecular complexity index is 631. The molecule has 0 aliphatic carbocycles. The number of methoxy groups -OCH3 is 1. The Balaban J connectivity index is 2.24. The van der Waals surface area contributed by atoms with Gasteiger partial charge in [0.1, 0.15) is 5.75 Å². The maximum Gasteiger partial charge on any atom is 0.264 e. The summed E-state index contributed by atoms with van der Waals surface area (Å²) in [6, 6.07) is 7.54. The lowest BCUT2D eigenvalue weighted by Crippen LogP contribution is -2.12. The molecule has 0 unspecified atom stereocenters. The first-order chi connectivity index (χ1) is 8.51. The Morgan fingerprint density at radius 1 is 1.28 bits per heavy atom. The van der Waals surface area contributed by atoms with Crippen molar-refractivity contribution in [3.63, 3.8) is 0 Å². The van der Waals surface area contributed by atoms with E-state index in [1.165, 1.54) is 25.3 Å². The summed E-state index contributed by atoms with van der Waals surface area (Å²) in [5.41, 5.74) is 0.599. The third-order valence-electron chi connectivity index (χ3n) is 2.23. The average Bonchev–Trinajstić information content (AvgIpc) is 2.74. The molecule has 1 aromatic carbocycles. The SMILES string of the molecule is COc1ccc(S(=O)(=O)Nc2cc(C)no2)cc1. The minimum Gasteiger partial charge on any atom is -0.497 e. The molecule has 0 saturated carbocycles. The Morgan fingerprint density at radius 2 is 1.94 bits per heavy atom. The fourth-order valence-electron chi connectivity index (χ4n) is 1.36. The molecule has 1 aromatic heterocycles. The maximum absolute atomic E-state index is 12.0. The summed E-state index contributed by atoms with van der Waals surface area (Å²) in [5, 5.41) is 3.60. The van der Waals surface area contributed by atoms with E-state index in [4.69, 9.17) is 9.26 Å².